The van der Waals surface area contributed by atoms with Crippen LogP contribution in [0.3, 0.4) is 0 Å². The average Bonchev–Trinajstić information content (AvgIpc) is 3.23. The summed E-state index contributed by atoms with van der Waals surface area (Å²) in [5, 5.41) is 12.2. The van der Waals surface area contributed by atoms with E-state index < -0.39 is 0 Å². The number of ether oxygens (including phenoxy) is 1. The molecule has 1 aromatic carbocycles. The van der Waals surface area contributed by atoms with Crippen LogP contribution in [0.4, 0.5) is 10.9 Å². The van der Waals surface area contributed by atoms with Gasteiger partial charge >= 0.3 is 5.97 Å². The molecule has 2 N–H and O–H groups in total. The van der Waals surface area contributed by atoms with E-state index in [9.17, 15) is 4.79 Å². The molecule has 0 radical (unpaired) electrons. The van der Waals surface area contributed by atoms with Crippen molar-refractivity contribution in [2.75, 3.05) is 17.7 Å². The highest BCUT2D eigenvalue weighted by Gasteiger charge is 2.25. The molecule has 1 aliphatic carbocycles. The normalized spacial score (nSPS) is 13.2. The van der Waals surface area contributed by atoms with Crippen molar-refractivity contribution in [1.82, 2.24) is 14.8 Å². The first-order valence-corrected chi connectivity index (χ1v) is 11.6. The molecule has 0 bridgehead atoms. The summed E-state index contributed by atoms with van der Waals surface area (Å²) in [6.07, 6.45) is 6.86. The van der Waals surface area contributed by atoms with Gasteiger partial charge in [-0.1, -0.05) is 30.2 Å². The number of fused-ring (bicyclic) bond motifs is 1. The average molecular weight is 476 g/mol. The van der Waals surface area contributed by atoms with Gasteiger partial charge in [-0.05, 0) is 61.2 Å². The molecule has 0 atom stereocenters. The van der Waals surface area contributed by atoms with Crippen molar-refractivity contribution in [2.45, 2.75) is 38.6 Å². The van der Waals surface area contributed by atoms with Gasteiger partial charge in [0.25, 0.3) is 0 Å². The third-order valence-electron chi connectivity index (χ3n) is 5.03. The van der Waals surface area contributed by atoms with E-state index in [2.05, 4.69) is 20.7 Å². The fraction of sp³-hybridized carbons (Fsp3) is 0.333. The van der Waals surface area contributed by atoms with Gasteiger partial charge in [-0.15, -0.1) is 16.4 Å². The molecule has 2 aromatic heterocycles. The summed E-state index contributed by atoms with van der Waals surface area (Å²) in [6.45, 7) is 0.541. The van der Waals surface area contributed by atoms with Crippen LogP contribution in [-0.2, 0) is 24.1 Å². The lowest BCUT2D eigenvalue weighted by Crippen LogP contribution is -2.21. The highest BCUT2D eigenvalue weighted by molar-refractivity contribution is 7.80. The first kappa shape index (κ1) is 21.7. The number of thiophene rings is 1. The summed E-state index contributed by atoms with van der Waals surface area (Å²) in [7, 11) is 1.40. The Morgan fingerprint density at radius 3 is 2.94 bits per heavy atom. The number of thiocarbonyl (C=S) groups is 1. The van der Waals surface area contributed by atoms with E-state index in [-0.39, 0.29) is 5.97 Å². The van der Waals surface area contributed by atoms with Gasteiger partial charge in [0.15, 0.2) is 5.11 Å². The smallest absolute Gasteiger partial charge is 0.341 e. The van der Waals surface area contributed by atoms with Crippen molar-refractivity contribution in [3.05, 3.63) is 57.2 Å². The Bertz CT molecular complexity index is 1110. The minimum Gasteiger partial charge on any atom is -0.465 e. The molecule has 0 aliphatic heterocycles. The van der Waals surface area contributed by atoms with Gasteiger partial charge in [0.05, 0.1) is 19.2 Å². The zero-order valence-electron chi connectivity index (χ0n) is 17.0. The largest absolute Gasteiger partial charge is 0.465 e. The zero-order valence-corrected chi connectivity index (χ0v) is 19.4. The maximum absolute atomic E-state index is 12.5. The standard InChI is InChI=1S/C21H22ClN5O2S2/c1-29-19(28)17-15-8-3-2-4-9-16(15)31-18(17)24-21(30)25-20-23-12-27(26-20)11-13-6-5-7-14(22)10-13/h5-7,10,12H,2-4,8-9,11H2,1H3,(H2,24,25,26,30). The number of halogens is 1. The van der Waals surface area contributed by atoms with E-state index in [4.69, 9.17) is 28.6 Å². The van der Waals surface area contributed by atoms with Crippen LogP contribution in [0.25, 0.3) is 0 Å². The summed E-state index contributed by atoms with van der Waals surface area (Å²) >= 11 is 13.1. The number of carbonyl (C=O) groups excluding carboxylic acids is 1. The molecule has 31 heavy (non-hydrogen) atoms. The second kappa shape index (κ2) is 9.76. The lowest BCUT2D eigenvalue weighted by molar-refractivity contribution is 0.0601. The van der Waals surface area contributed by atoms with Gasteiger partial charge in [-0.2, -0.15) is 0 Å². The molecule has 0 fully saturated rings. The van der Waals surface area contributed by atoms with E-state index in [1.807, 2.05) is 24.3 Å². The van der Waals surface area contributed by atoms with Crippen molar-refractivity contribution in [2.24, 2.45) is 0 Å². The molecule has 0 amide bonds. The summed E-state index contributed by atoms with van der Waals surface area (Å²) in [6, 6.07) is 7.59. The second-order valence-corrected chi connectivity index (χ2v) is 9.18. The monoisotopic (exact) mass is 475 g/mol. The Balaban J connectivity index is 1.46. The number of anilines is 2. The molecule has 3 aromatic rings. The first-order chi connectivity index (χ1) is 15.0. The van der Waals surface area contributed by atoms with E-state index in [1.54, 1.807) is 22.3 Å². The van der Waals surface area contributed by atoms with Gasteiger partial charge in [-0.25, -0.2) is 14.5 Å². The number of nitrogens with one attached hydrogen (secondary N) is 2. The van der Waals surface area contributed by atoms with Crippen molar-refractivity contribution >= 4 is 57.2 Å². The molecule has 0 saturated carbocycles. The van der Waals surface area contributed by atoms with Crippen LogP contribution in [0, 0.1) is 0 Å². The molecule has 10 heteroatoms. The summed E-state index contributed by atoms with van der Waals surface area (Å²) in [5.41, 5.74) is 2.70. The van der Waals surface area contributed by atoms with E-state index in [0.29, 0.717) is 33.2 Å². The Kier molecular flexibility index (Phi) is 6.84. The molecule has 0 unspecified atom stereocenters. The summed E-state index contributed by atoms with van der Waals surface area (Å²) in [5.74, 6) is 0.0332. The number of nitrogens with zero attached hydrogens (tertiary/aromatic N) is 3. The lowest BCUT2D eigenvalue weighted by atomic mass is 10.1. The van der Waals surface area contributed by atoms with Gasteiger partial charge in [0.1, 0.15) is 11.3 Å². The van der Waals surface area contributed by atoms with Crippen LogP contribution in [0.15, 0.2) is 30.6 Å². The lowest BCUT2D eigenvalue weighted by Gasteiger charge is -2.09. The van der Waals surface area contributed by atoms with Gasteiger partial charge in [0, 0.05) is 9.90 Å². The van der Waals surface area contributed by atoms with Crippen LogP contribution in [0.1, 0.15) is 45.6 Å². The van der Waals surface area contributed by atoms with Crippen LogP contribution in [0.2, 0.25) is 5.02 Å². The SMILES string of the molecule is COC(=O)c1c(NC(=S)Nc2ncn(Cc3cccc(Cl)c3)n2)sc2c1CCCCC2. The van der Waals surface area contributed by atoms with Gasteiger partial charge in [-0.3, -0.25) is 5.32 Å². The molecule has 0 saturated heterocycles. The number of rotatable bonds is 5. The van der Waals surface area contributed by atoms with E-state index in [0.717, 1.165) is 36.8 Å². The molecule has 1 aliphatic rings. The first-order valence-electron chi connectivity index (χ1n) is 9.98. The van der Waals surface area contributed by atoms with Crippen molar-refractivity contribution in [1.29, 1.82) is 0 Å². The van der Waals surface area contributed by atoms with Gasteiger partial charge in [0.2, 0.25) is 5.95 Å². The molecule has 162 valence electrons. The highest BCUT2D eigenvalue weighted by atomic mass is 35.5. The number of carbonyl (C=O) groups is 1. The minimum absolute atomic E-state index is 0.321. The second-order valence-electron chi connectivity index (χ2n) is 7.23. The zero-order chi connectivity index (χ0) is 21.8. The highest BCUT2D eigenvalue weighted by Crippen LogP contribution is 2.38. The number of esters is 1. The fourth-order valence-corrected chi connectivity index (χ4v) is 5.39. The maximum atomic E-state index is 12.5. The quantitative estimate of drug-likeness (QED) is 0.308. The third kappa shape index (κ3) is 5.23. The number of aryl methyl sites for hydroxylation is 1. The van der Waals surface area contributed by atoms with Crippen LogP contribution in [0.5, 0.6) is 0 Å². The maximum Gasteiger partial charge on any atom is 0.341 e. The number of methoxy groups -OCH3 is 1. The van der Waals surface area contributed by atoms with Crippen LogP contribution >= 0.6 is 35.2 Å². The van der Waals surface area contributed by atoms with E-state index in [1.165, 1.54) is 18.4 Å². The number of benzene rings is 1. The Morgan fingerprint density at radius 1 is 1.29 bits per heavy atom. The molecule has 2 heterocycles. The number of hydrogen-bond acceptors (Lipinski definition) is 6. The Hall–Kier alpha value is -2.49. The molecular formula is C21H22ClN5O2S2. The Labute approximate surface area is 194 Å². The van der Waals surface area contributed by atoms with Crippen LogP contribution < -0.4 is 10.6 Å². The van der Waals surface area contributed by atoms with Crippen molar-refractivity contribution in [3.8, 4) is 0 Å². The molecular weight excluding hydrogens is 454 g/mol. The topological polar surface area (TPSA) is 81.1 Å². The van der Waals surface area contributed by atoms with Crippen molar-refractivity contribution in [3.63, 3.8) is 0 Å². The summed E-state index contributed by atoms with van der Waals surface area (Å²) < 4.78 is 6.74. The summed E-state index contributed by atoms with van der Waals surface area (Å²) in [4.78, 5) is 18.0. The van der Waals surface area contributed by atoms with Gasteiger partial charge < -0.3 is 10.1 Å². The predicted molar refractivity (Wildman–Crippen MR) is 127 cm³/mol. The molecule has 7 nitrogen and oxygen atoms in total. The fourth-order valence-electron chi connectivity index (χ4n) is 3.64. The van der Waals surface area contributed by atoms with Crippen LogP contribution in [-0.4, -0.2) is 33.0 Å². The molecule has 0 spiro atoms. The predicted octanol–water partition coefficient (Wildman–Crippen LogP) is 4.91. The number of hydrogen-bond donors (Lipinski definition) is 2. The molecule has 4 rings (SSSR count). The minimum atomic E-state index is -0.339. The number of aromatic nitrogens is 3. The third-order valence-corrected chi connectivity index (χ3v) is 6.68. The van der Waals surface area contributed by atoms with E-state index >= 15 is 0 Å². The Morgan fingerprint density at radius 2 is 2.13 bits per heavy atom. The van der Waals surface area contributed by atoms with Crippen molar-refractivity contribution < 1.29 is 9.53 Å².